The van der Waals surface area contributed by atoms with E-state index in [9.17, 15) is 25.2 Å². The molecule has 8 nitrogen and oxygen atoms in total. The fourth-order valence-electron chi connectivity index (χ4n) is 3.60. The molecule has 4 heterocycles. The Bertz CT molecular complexity index is 1600. The summed E-state index contributed by atoms with van der Waals surface area (Å²) < 4.78 is 74.3. The van der Waals surface area contributed by atoms with E-state index in [1.54, 1.807) is 0 Å². The van der Waals surface area contributed by atoms with Crippen molar-refractivity contribution in [3.63, 3.8) is 0 Å². The maximum Gasteiger partial charge on any atom is 3.00 e. The Labute approximate surface area is 260 Å². The summed E-state index contributed by atoms with van der Waals surface area (Å²) in [6, 6.07) is 18.7. The van der Waals surface area contributed by atoms with E-state index in [-0.39, 0.29) is 17.1 Å². The van der Waals surface area contributed by atoms with Crippen molar-refractivity contribution in [2.75, 3.05) is 0 Å². The Morgan fingerprint density at radius 1 is 0.477 bits per heavy atom. The van der Waals surface area contributed by atoms with Crippen LogP contribution < -0.4 is 18.3 Å². The standard InChI is InChI=1S/2C14H13N4.F6P.Fe/c2*1-15-6-8-17(11-15)13-4-3-5-14(10-13)18-9-7-16(2)12-18;1-7(2,3,4,5)6;/h2*3-9H,1-2H3;;/q3*-1;+3. The maximum atomic E-state index is 9.87. The number of halogens is 6. The second-order valence-electron chi connectivity index (χ2n) is 9.32. The molecule has 0 aliphatic rings. The fraction of sp³-hybridized carbons (Fsp3) is 0.143. The van der Waals surface area contributed by atoms with Crippen molar-refractivity contribution in [1.82, 2.24) is 18.3 Å². The van der Waals surface area contributed by atoms with Crippen molar-refractivity contribution in [2.45, 2.75) is 0 Å². The van der Waals surface area contributed by atoms with Crippen LogP contribution in [0.15, 0.2) is 86.0 Å². The van der Waals surface area contributed by atoms with Crippen LogP contribution in [0.3, 0.4) is 0 Å². The van der Waals surface area contributed by atoms with Crippen molar-refractivity contribution in [2.24, 2.45) is 28.2 Å². The summed E-state index contributed by atoms with van der Waals surface area (Å²) in [6.07, 6.45) is 28.2. The van der Waals surface area contributed by atoms with Gasteiger partial charge in [-0.25, -0.2) is 0 Å². The molecule has 0 saturated carbocycles. The minimum Gasteiger partial charge on any atom is 3.00 e. The number of aromatic nitrogens is 8. The van der Waals surface area contributed by atoms with Gasteiger partial charge in [0, 0.05) is 49.6 Å². The van der Waals surface area contributed by atoms with Gasteiger partial charge in [0.25, 0.3) is 0 Å². The predicted octanol–water partition coefficient (Wildman–Crippen LogP) is 4.02. The molecule has 0 unspecified atom stereocenters. The van der Waals surface area contributed by atoms with Crippen LogP contribution >= 0.6 is 7.81 Å². The Hall–Kier alpha value is -4.19. The monoisotopic (exact) mass is 675 g/mol. The van der Waals surface area contributed by atoms with Gasteiger partial charge in [0.2, 0.25) is 25.3 Å². The van der Waals surface area contributed by atoms with E-state index in [0.717, 1.165) is 22.7 Å². The van der Waals surface area contributed by atoms with E-state index in [2.05, 4.69) is 37.4 Å². The number of hydrogen-bond acceptors (Lipinski definition) is 0. The maximum absolute atomic E-state index is 10.7. The van der Waals surface area contributed by atoms with Crippen LogP contribution in [0.4, 0.5) is 25.2 Å². The molecule has 2 aromatic carbocycles. The predicted molar refractivity (Wildman–Crippen MR) is 141 cm³/mol. The van der Waals surface area contributed by atoms with Gasteiger partial charge in [0.05, 0.1) is 28.2 Å². The molecule has 233 valence electrons. The molecular weight excluding hydrogens is 649 g/mol. The molecule has 6 rings (SSSR count). The van der Waals surface area contributed by atoms with E-state index >= 15 is 0 Å². The van der Waals surface area contributed by atoms with Crippen LogP contribution in [0, 0.1) is 37.4 Å². The van der Waals surface area contributed by atoms with Crippen LogP contribution in [-0.2, 0) is 45.3 Å². The SMILES string of the molecule is C[n+]1[c-]n(-c2[c-]c(-n3[c-][n+](C)cc3)ccc2)cc1.C[n+]1[c-]n(-c2[c-]c(-n3[c-][n+](C)cc3)ccc2)cc1.F[P-](F)(F)(F)(F)F.[Fe+3]. The molecule has 0 fully saturated rings. The zero-order valence-electron chi connectivity index (χ0n) is 23.7. The Kier molecular flexibility index (Phi) is 9.69. The molecule has 1 radical (unpaired) electrons. The molecule has 6 aromatic rings. The van der Waals surface area contributed by atoms with E-state index in [1.165, 1.54) is 0 Å². The quantitative estimate of drug-likeness (QED) is 0.0892. The summed E-state index contributed by atoms with van der Waals surface area (Å²) in [6.45, 7) is 0. The summed E-state index contributed by atoms with van der Waals surface area (Å²) >= 11 is 0. The second-order valence-corrected chi connectivity index (χ2v) is 11.2. The summed E-state index contributed by atoms with van der Waals surface area (Å²) in [4.78, 5) is 0. The Balaban J connectivity index is 0.000000196. The third-order valence-electron chi connectivity index (χ3n) is 5.39. The Morgan fingerprint density at radius 3 is 0.841 bits per heavy atom. The van der Waals surface area contributed by atoms with Crippen molar-refractivity contribution in [1.29, 1.82) is 0 Å². The van der Waals surface area contributed by atoms with Gasteiger partial charge in [-0.1, -0.05) is 22.7 Å². The smallest absolute Gasteiger partial charge is 3.00 e. The van der Waals surface area contributed by atoms with E-state index < -0.39 is 7.81 Å². The number of nitrogens with zero attached hydrogens (tertiary/aromatic N) is 8. The molecule has 0 aliphatic carbocycles. The summed E-state index contributed by atoms with van der Waals surface area (Å²) in [5.41, 5.74) is 3.83. The molecule has 0 N–H and O–H groups in total. The number of aryl methyl sites for hydroxylation is 4. The minimum atomic E-state index is -10.7. The first-order valence-electron chi connectivity index (χ1n) is 12.4. The summed E-state index contributed by atoms with van der Waals surface area (Å²) in [5.74, 6) is 0. The third-order valence-corrected chi connectivity index (χ3v) is 5.39. The van der Waals surface area contributed by atoms with Crippen molar-refractivity contribution < 1.29 is 60.5 Å². The van der Waals surface area contributed by atoms with Crippen molar-refractivity contribution >= 4 is 7.81 Å². The van der Waals surface area contributed by atoms with Crippen LogP contribution in [0.25, 0.3) is 22.7 Å². The third kappa shape index (κ3) is 11.1. The van der Waals surface area contributed by atoms with Gasteiger partial charge in [-0.3, -0.25) is 0 Å². The van der Waals surface area contributed by atoms with Crippen LogP contribution in [0.5, 0.6) is 0 Å². The first-order valence-corrected chi connectivity index (χ1v) is 14.4. The van der Waals surface area contributed by atoms with E-state index in [1.807, 2.05) is 151 Å². The number of rotatable bonds is 4. The van der Waals surface area contributed by atoms with Crippen LogP contribution in [0.1, 0.15) is 0 Å². The summed E-state index contributed by atoms with van der Waals surface area (Å²) in [7, 11) is -2.88. The molecule has 0 aliphatic heterocycles. The minimum absolute atomic E-state index is 0. The molecule has 0 saturated heterocycles. The molecule has 16 heteroatoms. The van der Waals surface area contributed by atoms with Gasteiger partial charge in [-0.15, -0.1) is 0 Å². The molecule has 44 heavy (non-hydrogen) atoms. The molecular formula is C28H26F6FeN8P. The molecule has 0 bridgehead atoms. The van der Waals surface area contributed by atoms with Gasteiger partial charge in [-0.2, -0.15) is 48.5 Å². The number of hydrogen-bond donors (Lipinski definition) is 0. The molecule has 0 spiro atoms. The fourth-order valence-corrected chi connectivity index (χ4v) is 3.60. The normalized spacial score (nSPS) is 12.5. The van der Waals surface area contributed by atoms with Crippen LogP contribution in [0.2, 0.25) is 0 Å². The number of benzene rings is 2. The van der Waals surface area contributed by atoms with Gasteiger partial charge >= 0.3 is 50.1 Å². The van der Waals surface area contributed by atoms with Gasteiger partial charge in [0.1, 0.15) is 0 Å². The topological polar surface area (TPSA) is 35.2 Å². The number of imidazole rings is 4. The van der Waals surface area contributed by atoms with Gasteiger partial charge in [-0.05, 0) is 0 Å². The first kappa shape index (κ1) is 34.3. The van der Waals surface area contributed by atoms with Crippen molar-refractivity contribution in [3.05, 3.63) is 123 Å². The average molecular weight is 675 g/mol. The molecule has 0 atom stereocenters. The van der Waals surface area contributed by atoms with Gasteiger partial charge < -0.3 is 36.5 Å². The zero-order valence-corrected chi connectivity index (χ0v) is 25.7. The first-order chi connectivity index (χ1) is 19.9. The van der Waals surface area contributed by atoms with Crippen molar-refractivity contribution in [3.8, 4) is 22.7 Å². The van der Waals surface area contributed by atoms with Gasteiger partial charge in [0.15, 0.2) is 0 Å². The Morgan fingerprint density at radius 2 is 0.682 bits per heavy atom. The second kappa shape index (κ2) is 12.4. The van der Waals surface area contributed by atoms with E-state index in [4.69, 9.17) is 0 Å². The molecule has 0 amide bonds. The largest absolute Gasteiger partial charge is 3.00 e. The zero-order chi connectivity index (χ0) is 31.5. The summed E-state index contributed by atoms with van der Waals surface area (Å²) in [5, 5.41) is 0. The van der Waals surface area contributed by atoms with Crippen LogP contribution in [-0.4, -0.2) is 18.3 Å². The van der Waals surface area contributed by atoms with E-state index in [0.29, 0.717) is 0 Å². The average Bonchev–Trinajstić information content (AvgIpc) is 3.72. The molecule has 4 aromatic heterocycles.